The maximum absolute atomic E-state index is 12.7. The van der Waals surface area contributed by atoms with Crippen LogP contribution in [0.15, 0.2) is 0 Å². The summed E-state index contributed by atoms with van der Waals surface area (Å²) in [6, 6.07) is -5.49. The molecule has 1 rings (SSSR count). The first-order valence-corrected chi connectivity index (χ1v) is 3.67. The van der Waals surface area contributed by atoms with Crippen molar-refractivity contribution in [3.8, 4) is 0 Å². The first kappa shape index (κ1) is 9.41. The summed E-state index contributed by atoms with van der Waals surface area (Å²) < 4.78 is 29.4. The van der Waals surface area contributed by atoms with Gasteiger partial charge in [0.05, 0.1) is 0 Å². The summed E-state index contributed by atoms with van der Waals surface area (Å²) >= 11 is 10.0. The molecule has 2 atom stereocenters. The lowest BCUT2D eigenvalue weighted by atomic mass is 10.6. The second-order valence-electron chi connectivity index (χ2n) is 1.86. The van der Waals surface area contributed by atoms with Gasteiger partial charge in [0, 0.05) is 0 Å². The molecule has 0 aliphatic carbocycles. The molecule has 0 radical (unpaired) electrons. The maximum Gasteiger partial charge on any atom is 0.365 e. The van der Waals surface area contributed by atoms with Gasteiger partial charge in [-0.2, -0.15) is 18.6 Å². The van der Waals surface area contributed by atoms with Crippen molar-refractivity contribution in [2.45, 2.75) is 12.1 Å². The van der Waals surface area contributed by atoms with E-state index in [4.69, 9.17) is 23.2 Å². The summed E-state index contributed by atoms with van der Waals surface area (Å²) in [7, 11) is 0. The summed E-state index contributed by atoms with van der Waals surface area (Å²) in [5, 5.41) is 0. The summed E-state index contributed by atoms with van der Waals surface area (Å²) in [5.74, 6) is -1.40. The average molecular weight is 209 g/mol. The molecule has 0 aromatic carbocycles. The van der Waals surface area contributed by atoms with Gasteiger partial charge in [0.1, 0.15) is 11.8 Å². The lowest BCUT2D eigenvalue weighted by Crippen LogP contribution is -2.32. The molecule has 0 aromatic rings. The van der Waals surface area contributed by atoms with Crippen LogP contribution in [-0.2, 0) is 14.5 Å². The molecule has 1 saturated heterocycles. The fourth-order valence-corrected chi connectivity index (χ4v) is 0.683. The Morgan fingerprint density at radius 1 is 1.00 bits per heavy atom. The highest BCUT2D eigenvalue weighted by Gasteiger charge is 2.54. The van der Waals surface area contributed by atoms with Gasteiger partial charge in [0.15, 0.2) is 0 Å². The van der Waals surface area contributed by atoms with E-state index >= 15 is 0 Å². The second kappa shape index (κ2) is 2.99. The molecule has 0 N–H and O–H groups in total. The summed E-state index contributed by atoms with van der Waals surface area (Å²) in [6.07, 6.45) is 0. The molecule has 3 nitrogen and oxygen atoms in total. The van der Waals surface area contributed by atoms with Crippen LogP contribution in [0.4, 0.5) is 8.78 Å². The van der Waals surface area contributed by atoms with Crippen molar-refractivity contribution in [1.82, 2.24) is 0 Å². The van der Waals surface area contributed by atoms with E-state index in [0.29, 0.717) is 0 Å². The Bertz CT molecular complexity index is 144. The van der Waals surface area contributed by atoms with E-state index in [1.165, 1.54) is 0 Å². The summed E-state index contributed by atoms with van der Waals surface area (Å²) in [5.41, 5.74) is 0. The van der Waals surface area contributed by atoms with E-state index in [1.807, 2.05) is 0 Å². The predicted molar refractivity (Wildman–Crippen MR) is 32.4 cm³/mol. The van der Waals surface area contributed by atoms with E-state index in [-0.39, 0.29) is 0 Å². The molecule has 1 aliphatic heterocycles. The number of alkyl halides is 4. The minimum atomic E-state index is -2.74. The van der Waals surface area contributed by atoms with Crippen LogP contribution in [0.5, 0.6) is 0 Å². The second-order valence-corrected chi connectivity index (χ2v) is 2.39. The van der Waals surface area contributed by atoms with Gasteiger partial charge in [-0.05, 0) is 0 Å². The molecule has 7 heteroatoms. The van der Waals surface area contributed by atoms with Crippen LogP contribution < -0.4 is 0 Å². The predicted octanol–water partition coefficient (Wildman–Crippen LogP) is 1.69. The molecule has 1 aliphatic rings. The number of hydrogen-bond acceptors (Lipinski definition) is 3. The van der Waals surface area contributed by atoms with Crippen molar-refractivity contribution in [2.75, 3.05) is 11.8 Å². The van der Waals surface area contributed by atoms with E-state index in [9.17, 15) is 8.78 Å². The highest BCUT2D eigenvalue weighted by atomic mass is 35.5. The Balaban J connectivity index is 2.58. The number of hydrogen-bond donors (Lipinski definition) is 0. The van der Waals surface area contributed by atoms with Crippen molar-refractivity contribution in [3.05, 3.63) is 0 Å². The topological polar surface area (TPSA) is 27.7 Å². The zero-order valence-corrected chi connectivity index (χ0v) is 6.66. The van der Waals surface area contributed by atoms with Gasteiger partial charge in [-0.3, -0.25) is 4.74 Å². The lowest BCUT2D eigenvalue weighted by molar-refractivity contribution is -0.387. The highest BCUT2D eigenvalue weighted by molar-refractivity contribution is 6.18. The largest absolute Gasteiger partial charge is 0.365 e. The van der Waals surface area contributed by atoms with Crippen molar-refractivity contribution < 1.29 is 23.3 Å². The van der Waals surface area contributed by atoms with E-state index in [1.54, 1.807) is 0 Å². The van der Waals surface area contributed by atoms with Crippen molar-refractivity contribution in [1.29, 1.82) is 0 Å². The van der Waals surface area contributed by atoms with Gasteiger partial charge in [-0.1, -0.05) is 0 Å². The van der Waals surface area contributed by atoms with Gasteiger partial charge in [0.25, 0.3) is 0 Å². The molecule has 0 aromatic heterocycles. The maximum atomic E-state index is 12.7. The van der Waals surface area contributed by atoms with Gasteiger partial charge in [-0.25, -0.2) is 0 Å². The highest BCUT2D eigenvalue weighted by Crippen LogP contribution is 2.36. The van der Waals surface area contributed by atoms with Crippen molar-refractivity contribution in [3.63, 3.8) is 0 Å². The van der Waals surface area contributed by atoms with E-state index in [0.717, 1.165) is 0 Å². The molecule has 0 spiro atoms. The van der Waals surface area contributed by atoms with Crippen molar-refractivity contribution in [2.24, 2.45) is 0 Å². The number of ether oxygens (including phenoxy) is 1. The minimum absolute atomic E-state index is 0.699. The first-order valence-electron chi connectivity index (χ1n) is 2.60. The summed E-state index contributed by atoms with van der Waals surface area (Å²) in [6.45, 7) is 0. The van der Waals surface area contributed by atoms with Gasteiger partial charge < -0.3 is 0 Å². The van der Waals surface area contributed by atoms with E-state index < -0.39 is 23.8 Å². The third-order valence-electron chi connectivity index (χ3n) is 0.915. The standard InChI is InChI=1S/C4H4Cl2F2O3/c5-1-3(7)9-4(8,2-6)11-10-3/h1-2H2/t3-,4-/m0/s1. The first-order chi connectivity index (χ1) is 5.04. The molecule has 66 valence electrons. The Kier molecular flexibility index (Phi) is 2.56. The molecule has 11 heavy (non-hydrogen) atoms. The van der Waals surface area contributed by atoms with E-state index in [2.05, 4.69) is 14.5 Å². The fraction of sp³-hybridized carbons (Fsp3) is 1.00. The van der Waals surface area contributed by atoms with Gasteiger partial charge in [-0.15, -0.1) is 23.2 Å². The van der Waals surface area contributed by atoms with Crippen LogP contribution in [0.25, 0.3) is 0 Å². The summed E-state index contributed by atoms with van der Waals surface area (Å²) in [4.78, 5) is 7.63. The van der Waals surface area contributed by atoms with Crippen molar-refractivity contribution >= 4 is 23.2 Å². The van der Waals surface area contributed by atoms with Crippen LogP contribution >= 0.6 is 23.2 Å². The monoisotopic (exact) mass is 208 g/mol. The molecule has 0 amide bonds. The smallest absolute Gasteiger partial charge is 0.257 e. The SMILES string of the molecule is F[C@]1(CCl)OO[C@](F)(CCl)O1. The zero-order chi connectivity index (χ0) is 8.54. The van der Waals surface area contributed by atoms with Crippen LogP contribution in [0.1, 0.15) is 0 Å². The molecule has 0 saturated carbocycles. The molecule has 1 fully saturated rings. The number of halogens is 4. The van der Waals surface area contributed by atoms with Crippen LogP contribution in [-0.4, -0.2) is 23.8 Å². The van der Waals surface area contributed by atoms with Crippen LogP contribution in [0.3, 0.4) is 0 Å². The number of rotatable bonds is 2. The molecule has 0 unspecified atom stereocenters. The normalized spacial score (nSPS) is 44.7. The Morgan fingerprint density at radius 2 is 1.36 bits per heavy atom. The van der Waals surface area contributed by atoms with Gasteiger partial charge in [0.2, 0.25) is 0 Å². The Hall–Kier alpha value is 0.320. The Labute approximate surface area is 71.0 Å². The molecule has 0 bridgehead atoms. The average Bonchev–Trinajstić information content (AvgIpc) is 2.30. The van der Waals surface area contributed by atoms with Gasteiger partial charge >= 0.3 is 12.1 Å². The molecular formula is C4H4Cl2F2O3. The quantitative estimate of drug-likeness (QED) is 0.511. The molecule has 1 heterocycles. The van der Waals surface area contributed by atoms with Crippen LogP contribution in [0, 0.1) is 0 Å². The van der Waals surface area contributed by atoms with Crippen LogP contribution in [0.2, 0.25) is 0 Å². The Morgan fingerprint density at radius 3 is 1.55 bits per heavy atom. The third kappa shape index (κ3) is 1.91. The minimum Gasteiger partial charge on any atom is -0.257 e. The molecular weight excluding hydrogens is 205 g/mol. The lowest BCUT2D eigenvalue weighted by Gasteiger charge is -2.13. The third-order valence-corrected chi connectivity index (χ3v) is 1.55. The zero-order valence-electron chi connectivity index (χ0n) is 5.15. The fourth-order valence-electron chi connectivity index (χ4n) is 0.485.